The molecular formula is C9H14N2O6. The zero-order valence-corrected chi connectivity index (χ0v) is 9.25. The van der Waals surface area contributed by atoms with E-state index in [1.54, 1.807) is 0 Å². The van der Waals surface area contributed by atoms with E-state index in [0.717, 1.165) is 4.90 Å². The minimum Gasteiger partial charge on any atom is -0.480 e. The molecule has 1 rings (SSSR count). The van der Waals surface area contributed by atoms with Crippen molar-refractivity contribution < 1.29 is 29.3 Å². The van der Waals surface area contributed by atoms with Crippen LogP contribution in [0.1, 0.15) is 6.42 Å². The summed E-state index contributed by atoms with van der Waals surface area (Å²) in [5.41, 5.74) is 3.84. The van der Waals surface area contributed by atoms with Crippen molar-refractivity contribution in [2.24, 2.45) is 5.73 Å². The molecular weight excluding hydrogens is 232 g/mol. The normalized spacial score (nSPS) is 28.1. The Bertz CT molecular complexity index is 357. The lowest BCUT2D eigenvalue weighted by atomic mass is 9.98. The van der Waals surface area contributed by atoms with E-state index >= 15 is 0 Å². The third kappa shape index (κ3) is 2.53. The number of carbonyl (C=O) groups is 3. The van der Waals surface area contributed by atoms with Crippen LogP contribution in [0.5, 0.6) is 0 Å². The lowest BCUT2D eigenvalue weighted by molar-refractivity contribution is -0.149. The second-order valence-electron chi connectivity index (χ2n) is 3.97. The van der Waals surface area contributed by atoms with Crippen LogP contribution in [-0.4, -0.2) is 64.8 Å². The molecule has 1 fully saturated rings. The third-order valence-corrected chi connectivity index (χ3v) is 2.69. The largest absolute Gasteiger partial charge is 0.480 e. The number of aliphatic carboxylic acids is 2. The fraction of sp³-hybridized carbons (Fsp3) is 0.667. The smallest absolute Gasteiger partial charge is 0.326 e. The maximum Gasteiger partial charge on any atom is 0.326 e. The predicted octanol–water partition coefficient (Wildman–Crippen LogP) is -1.90. The molecule has 8 nitrogen and oxygen atoms in total. The van der Waals surface area contributed by atoms with Gasteiger partial charge in [-0.1, -0.05) is 0 Å². The number of methoxy groups -OCH3 is 1. The van der Waals surface area contributed by atoms with Gasteiger partial charge in [0, 0.05) is 13.5 Å². The Labute approximate surface area is 96.9 Å². The SMILES string of the molecule is COCC(=O)N1C[C@](N)(C(=O)O)C[C@@H]1C(=O)O. The summed E-state index contributed by atoms with van der Waals surface area (Å²) >= 11 is 0. The Kier molecular flexibility index (Phi) is 3.69. The van der Waals surface area contributed by atoms with Crippen molar-refractivity contribution in [3.05, 3.63) is 0 Å². The molecule has 0 aromatic heterocycles. The second kappa shape index (κ2) is 4.68. The number of carbonyl (C=O) groups excluding carboxylic acids is 1. The number of hydrogen-bond donors (Lipinski definition) is 3. The van der Waals surface area contributed by atoms with E-state index in [1.807, 2.05) is 0 Å². The first-order valence-electron chi connectivity index (χ1n) is 4.85. The number of nitrogens with two attached hydrogens (primary N) is 1. The number of likely N-dealkylation sites (tertiary alicyclic amines) is 1. The number of carboxylic acids is 2. The Hall–Kier alpha value is -1.67. The average molecular weight is 246 g/mol. The second-order valence-corrected chi connectivity index (χ2v) is 3.97. The van der Waals surface area contributed by atoms with Gasteiger partial charge in [0.25, 0.3) is 0 Å². The third-order valence-electron chi connectivity index (χ3n) is 2.69. The summed E-state index contributed by atoms with van der Waals surface area (Å²) < 4.78 is 4.60. The van der Waals surface area contributed by atoms with Crippen LogP contribution in [0.4, 0.5) is 0 Å². The molecule has 0 aromatic carbocycles. The molecule has 0 aliphatic carbocycles. The summed E-state index contributed by atoms with van der Waals surface area (Å²) in [7, 11) is 1.29. The highest BCUT2D eigenvalue weighted by molar-refractivity contribution is 5.89. The van der Waals surface area contributed by atoms with Gasteiger partial charge in [-0.15, -0.1) is 0 Å². The van der Waals surface area contributed by atoms with Crippen LogP contribution >= 0.6 is 0 Å². The molecule has 1 saturated heterocycles. The van der Waals surface area contributed by atoms with Gasteiger partial charge in [-0.3, -0.25) is 9.59 Å². The quantitative estimate of drug-likeness (QED) is 0.528. The van der Waals surface area contributed by atoms with Crippen molar-refractivity contribution in [3.63, 3.8) is 0 Å². The van der Waals surface area contributed by atoms with Gasteiger partial charge in [-0.2, -0.15) is 0 Å². The number of nitrogens with zero attached hydrogens (tertiary/aromatic N) is 1. The topological polar surface area (TPSA) is 130 Å². The van der Waals surface area contributed by atoms with E-state index in [0.29, 0.717) is 0 Å². The lowest BCUT2D eigenvalue weighted by Crippen LogP contribution is -2.51. The molecule has 1 aliphatic heterocycles. The lowest BCUT2D eigenvalue weighted by Gasteiger charge is -2.21. The molecule has 0 spiro atoms. The minimum atomic E-state index is -1.72. The molecule has 0 radical (unpaired) electrons. The summed E-state index contributed by atoms with van der Waals surface area (Å²) in [5, 5.41) is 17.8. The summed E-state index contributed by atoms with van der Waals surface area (Å²) in [5.74, 6) is -3.19. The standard InChI is InChI=1S/C9H14N2O6/c1-17-3-6(12)11-4-9(10,8(15)16)2-5(11)7(13)14/h5H,2-4,10H2,1H3,(H,13,14)(H,15,16)/t5-,9+/m1/s1. The highest BCUT2D eigenvalue weighted by Gasteiger charge is 2.51. The molecule has 1 aliphatic rings. The van der Waals surface area contributed by atoms with Crippen LogP contribution in [0.3, 0.4) is 0 Å². The van der Waals surface area contributed by atoms with Gasteiger partial charge < -0.3 is 25.6 Å². The maximum atomic E-state index is 11.6. The molecule has 0 unspecified atom stereocenters. The van der Waals surface area contributed by atoms with Gasteiger partial charge in [-0.05, 0) is 0 Å². The Morgan fingerprint density at radius 3 is 2.47 bits per heavy atom. The first kappa shape index (κ1) is 13.4. The highest BCUT2D eigenvalue weighted by Crippen LogP contribution is 2.26. The van der Waals surface area contributed by atoms with Gasteiger partial charge >= 0.3 is 11.9 Å². The van der Waals surface area contributed by atoms with E-state index in [-0.39, 0.29) is 19.6 Å². The predicted molar refractivity (Wildman–Crippen MR) is 54.2 cm³/mol. The number of amides is 1. The zero-order chi connectivity index (χ0) is 13.2. The van der Waals surface area contributed by atoms with Crippen molar-refractivity contribution in [3.8, 4) is 0 Å². The fourth-order valence-corrected chi connectivity index (χ4v) is 1.78. The van der Waals surface area contributed by atoms with E-state index < -0.39 is 29.4 Å². The van der Waals surface area contributed by atoms with Crippen molar-refractivity contribution in [1.82, 2.24) is 4.90 Å². The van der Waals surface area contributed by atoms with Crippen LogP contribution in [0.15, 0.2) is 0 Å². The van der Waals surface area contributed by atoms with Gasteiger partial charge in [0.05, 0.1) is 6.54 Å². The van der Waals surface area contributed by atoms with Gasteiger partial charge in [0.15, 0.2) is 0 Å². The van der Waals surface area contributed by atoms with Crippen molar-refractivity contribution in [2.75, 3.05) is 20.3 Å². The molecule has 96 valence electrons. The van der Waals surface area contributed by atoms with E-state index in [4.69, 9.17) is 15.9 Å². The first-order chi connectivity index (χ1) is 7.81. The van der Waals surface area contributed by atoms with Crippen LogP contribution in [0.25, 0.3) is 0 Å². The molecule has 2 atom stereocenters. The van der Waals surface area contributed by atoms with Gasteiger partial charge in [0.2, 0.25) is 5.91 Å². The van der Waals surface area contributed by atoms with Gasteiger partial charge in [-0.25, -0.2) is 4.79 Å². The molecule has 1 heterocycles. The van der Waals surface area contributed by atoms with E-state index in [2.05, 4.69) is 4.74 Å². The van der Waals surface area contributed by atoms with Crippen molar-refractivity contribution in [2.45, 2.75) is 18.0 Å². The molecule has 1 amide bonds. The molecule has 0 bridgehead atoms. The van der Waals surface area contributed by atoms with Crippen LogP contribution in [-0.2, 0) is 19.1 Å². The van der Waals surface area contributed by atoms with Crippen LogP contribution in [0, 0.1) is 0 Å². The Morgan fingerprint density at radius 2 is 2.06 bits per heavy atom. The Balaban J connectivity index is 2.92. The van der Waals surface area contributed by atoms with E-state index in [1.165, 1.54) is 7.11 Å². The Morgan fingerprint density at radius 1 is 1.47 bits per heavy atom. The summed E-state index contributed by atoms with van der Waals surface area (Å²) in [6.07, 6.45) is -0.312. The summed E-state index contributed by atoms with van der Waals surface area (Å²) in [6.45, 7) is -0.638. The highest BCUT2D eigenvalue weighted by atomic mass is 16.5. The van der Waals surface area contributed by atoms with Crippen molar-refractivity contribution in [1.29, 1.82) is 0 Å². The average Bonchev–Trinajstić information content (AvgIpc) is 2.58. The number of hydrogen-bond acceptors (Lipinski definition) is 5. The molecule has 0 saturated carbocycles. The maximum absolute atomic E-state index is 11.6. The summed E-state index contributed by atoms with van der Waals surface area (Å²) in [6, 6.07) is -1.22. The molecule has 8 heteroatoms. The first-order valence-corrected chi connectivity index (χ1v) is 4.85. The monoisotopic (exact) mass is 246 g/mol. The summed E-state index contributed by atoms with van der Waals surface area (Å²) in [4.78, 5) is 34.4. The molecule has 4 N–H and O–H groups in total. The fourth-order valence-electron chi connectivity index (χ4n) is 1.78. The van der Waals surface area contributed by atoms with E-state index in [9.17, 15) is 14.4 Å². The zero-order valence-electron chi connectivity index (χ0n) is 9.25. The number of rotatable bonds is 4. The molecule has 0 aromatic rings. The number of ether oxygens (including phenoxy) is 1. The minimum absolute atomic E-state index is 0.306. The van der Waals surface area contributed by atoms with Gasteiger partial charge in [0.1, 0.15) is 18.2 Å². The molecule has 17 heavy (non-hydrogen) atoms. The van der Waals surface area contributed by atoms with Crippen molar-refractivity contribution >= 4 is 17.8 Å². The van der Waals surface area contributed by atoms with Crippen LogP contribution < -0.4 is 5.73 Å². The number of carboxylic acid groups (broad SMARTS) is 2. The van der Waals surface area contributed by atoms with Crippen LogP contribution in [0.2, 0.25) is 0 Å².